The fourth-order valence-electron chi connectivity index (χ4n) is 1.90. The van der Waals surface area contributed by atoms with Gasteiger partial charge in [-0.2, -0.15) is 0 Å². The summed E-state index contributed by atoms with van der Waals surface area (Å²) in [4.78, 5) is 13.3. The van der Waals surface area contributed by atoms with Gasteiger partial charge in [0.2, 0.25) is 5.88 Å². The van der Waals surface area contributed by atoms with Crippen molar-refractivity contribution < 1.29 is 4.74 Å². The Morgan fingerprint density at radius 3 is 2.65 bits per heavy atom. The molecule has 0 bridgehead atoms. The summed E-state index contributed by atoms with van der Waals surface area (Å²) >= 11 is 0. The molecule has 2 rings (SSSR count). The molecule has 1 N–H and O–H groups in total. The summed E-state index contributed by atoms with van der Waals surface area (Å²) in [5, 5.41) is 3.24. The first-order chi connectivity index (χ1) is 9.75. The highest BCUT2D eigenvalue weighted by Crippen LogP contribution is 2.13. The molecular weight excluding hydrogens is 252 g/mol. The van der Waals surface area contributed by atoms with Gasteiger partial charge in [0, 0.05) is 37.0 Å². The van der Waals surface area contributed by atoms with Gasteiger partial charge in [0.15, 0.2) is 0 Å². The van der Waals surface area contributed by atoms with E-state index in [0.29, 0.717) is 12.3 Å². The Morgan fingerprint density at radius 2 is 2.05 bits per heavy atom. The van der Waals surface area contributed by atoms with E-state index in [1.165, 1.54) is 0 Å². The topological polar surface area (TPSA) is 59.9 Å². The Balaban J connectivity index is 2.20. The van der Waals surface area contributed by atoms with Gasteiger partial charge in [0.1, 0.15) is 11.6 Å². The number of nitrogens with zero attached hydrogens (tertiary/aromatic N) is 3. The first-order valence-electron chi connectivity index (χ1n) is 6.84. The van der Waals surface area contributed by atoms with Gasteiger partial charge in [-0.15, -0.1) is 0 Å². The van der Waals surface area contributed by atoms with Crippen molar-refractivity contribution in [3.05, 3.63) is 41.5 Å². The van der Waals surface area contributed by atoms with Crippen molar-refractivity contribution >= 4 is 5.82 Å². The van der Waals surface area contributed by atoms with Crippen molar-refractivity contribution in [1.82, 2.24) is 15.0 Å². The van der Waals surface area contributed by atoms with E-state index in [2.05, 4.69) is 34.1 Å². The molecule has 0 fully saturated rings. The van der Waals surface area contributed by atoms with Gasteiger partial charge in [-0.05, 0) is 18.9 Å². The maximum absolute atomic E-state index is 5.05. The SMILES string of the molecule is CCNc1cc(CC)nc(Cc2ccc(OC)nc2)n1. The Bertz CT molecular complexity index is 554. The number of rotatable bonds is 6. The maximum Gasteiger partial charge on any atom is 0.212 e. The van der Waals surface area contributed by atoms with Gasteiger partial charge < -0.3 is 10.1 Å². The van der Waals surface area contributed by atoms with Crippen LogP contribution in [0.4, 0.5) is 5.82 Å². The summed E-state index contributed by atoms with van der Waals surface area (Å²) in [7, 11) is 1.61. The molecule has 20 heavy (non-hydrogen) atoms. The normalized spacial score (nSPS) is 10.3. The molecule has 0 unspecified atom stereocenters. The van der Waals surface area contributed by atoms with Crippen LogP contribution in [0.2, 0.25) is 0 Å². The molecule has 0 amide bonds. The molecule has 0 aliphatic heterocycles. The number of aromatic nitrogens is 3. The van der Waals surface area contributed by atoms with Gasteiger partial charge in [-0.1, -0.05) is 13.0 Å². The number of nitrogens with one attached hydrogen (secondary N) is 1. The third-order valence-corrected chi connectivity index (χ3v) is 2.91. The smallest absolute Gasteiger partial charge is 0.212 e. The van der Waals surface area contributed by atoms with Gasteiger partial charge in [0.05, 0.1) is 7.11 Å². The Labute approximate surface area is 119 Å². The van der Waals surface area contributed by atoms with Crippen LogP contribution in [0.1, 0.15) is 30.9 Å². The number of ether oxygens (including phenoxy) is 1. The average Bonchev–Trinajstić information content (AvgIpc) is 2.48. The molecule has 0 aliphatic rings. The highest BCUT2D eigenvalue weighted by Gasteiger charge is 2.05. The van der Waals surface area contributed by atoms with E-state index in [4.69, 9.17) is 4.74 Å². The molecule has 5 heteroatoms. The highest BCUT2D eigenvalue weighted by atomic mass is 16.5. The molecule has 2 heterocycles. The van der Waals surface area contributed by atoms with E-state index in [0.717, 1.165) is 35.9 Å². The minimum absolute atomic E-state index is 0.616. The van der Waals surface area contributed by atoms with Crippen molar-refractivity contribution in [3.63, 3.8) is 0 Å². The number of methoxy groups -OCH3 is 1. The summed E-state index contributed by atoms with van der Waals surface area (Å²) in [6.07, 6.45) is 3.37. The quantitative estimate of drug-likeness (QED) is 0.875. The zero-order valence-corrected chi connectivity index (χ0v) is 12.2. The number of pyridine rings is 1. The minimum Gasteiger partial charge on any atom is -0.481 e. The molecule has 5 nitrogen and oxygen atoms in total. The molecule has 106 valence electrons. The second kappa shape index (κ2) is 6.84. The Kier molecular flexibility index (Phi) is 4.87. The van der Waals surface area contributed by atoms with Crippen LogP contribution in [-0.4, -0.2) is 28.6 Å². The van der Waals surface area contributed by atoms with E-state index in [1.54, 1.807) is 13.3 Å². The molecule has 0 saturated carbocycles. The third-order valence-electron chi connectivity index (χ3n) is 2.91. The van der Waals surface area contributed by atoms with Crippen LogP contribution in [-0.2, 0) is 12.8 Å². The van der Waals surface area contributed by atoms with Crippen LogP contribution < -0.4 is 10.1 Å². The average molecular weight is 272 g/mol. The zero-order chi connectivity index (χ0) is 14.4. The molecule has 0 aromatic carbocycles. The minimum atomic E-state index is 0.616. The Morgan fingerprint density at radius 1 is 1.20 bits per heavy atom. The maximum atomic E-state index is 5.05. The molecule has 0 atom stereocenters. The van der Waals surface area contributed by atoms with Crippen molar-refractivity contribution in [1.29, 1.82) is 0 Å². The first kappa shape index (κ1) is 14.2. The zero-order valence-electron chi connectivity index (χ0n) is 12.2. The fraction of sp³-hybridized carbons (Fsp3) is 0.400. The third kappa shape index (κ3) is 3.66. The summed E-state index contributed by atoms with van der Waals surface area (Å²) < 4.78 is 5.05. The van der Waals surface area contributed by atoms with E-state index in [-0.39, 0.29) is 0 Å². The second-order valence-electron chi connectivity index (χ2n) is 4.43. The first-order valence-corrected chi connectivity index (χ1v) is 6.84. The largest absolute Gasteiger partial charge is 0.481 e. The van der Waals surface area contributed by atoms with E-state index < -0.39 is 0 Å². The predicted octanol–water partition coefficient (Wildman–Crippen LogP) is 2.47. The molecule has 0 spiro atoms. The van der Waals surface area contributed by atoms with Crippen LogP contribution in [0.15, 0.2) is 24.4 Å². The summed E-state index contributed by atoms with van der Waals surface area (Å²) in [6, 6.07) is 5.84. The number of aryl methyl sites for hydroxylation is 1. The molecule has 2 aromatic heterocycles. The van der Waals surface area contributed by atoms with E-state index in [1.807, 2.05) is 18.2 Å². The van der Waals surface area contributed by atoms with Crippen molar-refractivity contribution in [2.45, 2.75) is 26.7 Å². The summed E-state index contributed by atoms with van der Waals surface area (Å²) in [6.45, 7) is 5.00. The molecular formula is C15H20N4O. The lowest BCUT2D eigenvalue weighted by atomic mass is 10.2. The van der Waals surface area contributed by atoms with E-state index >= 15 is 0 Å². The molecule has 0 aliphatic carbocycles. The van der Waals surface area contributed by atoms with Gasteiger partial charge in [-0.25, -0.2) is 15.0 Å². The lowest BCUT2D eigenvalue weighted by Crippen LogP contribution is -2.06. The monoisotopic (exact) mass is 272 g/mol. The lowest BCUT2D eigenvalue weighted by molar-refractivity contribution is 0.397. The summed E-state index contributed by atoms with van der Waals surface area (Å²) in [5.41, 5.74) is 2.12. The number of anilines is 1. The molecule has 2 aromatic rings. The van der Waals surface area contributed by atoms with Crippen LogP contribution in [0.3, 0.4) is 0 Å². The molecule has 0 radical (unpaired) electrons. The van der Waals surface area contributed by atoms with Crippen molar-refractivity contribution in [3.8, 4) is 5.88 Å². The van der Waals surface area contributed by atoms with Gasteiger partial charge in [-0.3, -0.25) is 0 Å². The van der Waals surface area contributed by atoms with Crippen LogP contribution in [0.25, 0.3) is 0 Å². The lowest BCUT2D eigenvalue weighted by Gasteiger charge is -2.08. The van der Waals surface area contributed by atoms with Crippen LogP contribution in [0, 0.1) is 0 Å². The van der Waals surface area contributed by atoms with Crippen LogP contribution in [0.5, 0.6) is 5.88 Å². The van der Waals surface area contributed by atoms with Gasteiger partial charge >= 0.3 is 0 Å². The number of hydrogen-bond acceptors (Lipinski definition) is 5. The van der Waals surface area contributed by atoms with E-state index in [9.17, 15) is 0 Å². The highest BCUT2D eigenvalue weighted by molar-refractivity contribution is 5.36. The summed E-state index contributed by atoms with van der Waals surface area (Å²) in [5.74, 6) is 2.31. The standard InChI is InChI=1S/C15H20N4O/c1-4-12-9-13(16-5-2)19-14(18-12)8-11-6-7-15(20-3)17-10-11/h6-7,9-10H,4-5,8H2,1-3H3,(H,16,18,19). The predicted molar refractivity (Wildman–Crippen MR) is 79.2 cm³/mol. The number of hydrogen-bond donors (Lipinski definition) is 1. The fourth-order valence-corrected chi connectivity index (χ4v) is 1.90. The Hall–Kier alpha value is -2.17. The van der Waals surface area contributed by atoms with Gasteiger partial charge in [0.25, 0.3) is 0 Å². The molecule has 0 saturated heterocycles. The second-order valence-corrected chi connectivity index (χ2v) is 4.43. The van der Waals surface area contributed by atoms with Crippen molar-refractivity contribution in [2.75, 3.05) is 19.0 Å². The van der Waals surface area contributed by atoms with Crippen molar-refractivity contribution in [2.24, 2.45) is 0 Å². The van der Waals surface area contributed by atoms with Crippen LogP contribution >= 0.6 is 0 Å².